The van der Waals surface area contributed by atoms with Crippen molar-refractivity contribution >= 4 is 15.9 Å². The smallest absolute Gasteiger partial charge is 0.253 e. The van der Waals surface area contributed by atoms with Gasteiger partial charge in [-0.3, -0.25) is 4.79 Å². The van der Waals surface area contributed by atoms with Crippen LogP contribution in [0, 0.1) is 6.92 Å². The molecular formula is C20H26N2O4S. The molecular weight excluding hydrogens is 364 g/mol. The van der Waals surface area contributed by atoms with E-state index < -0.39 is 10.0 Å². The quantitative estimate of drug-likeness (QED) is 0.751. The van der Waals surface area contributed by atoms with E-state index in [-0.39, 0.29) is 5.91 Å². The highest BCUT2D eigenvalue weighted by Gasteiger charge is 2.14. The summed E-state index contributed by atoms with van der Waals surface area (Å²) in [6.45, 7) is 2.78. The third kappa shape index (κ3) is 6.37. The van der Waals surface area contributed by atoms with Gasteiger partial charge in [-0.15, -0.1) is 0 Å². The first-order valence-corrected chi connectivity index (χ1v) is 10.5. The van der Waals surface area contributed by atoms with Crippen molar-refractivity contribution in [2.75, 3.05) is 27.0 Å². The van der Waals surface area contributed by atoms with Crippen molar-refractivity contribution in [2.24, 2.45) is 0 Å². The highest BCUT2D eigenvalue weighted by atomic mass is 32.2. The van der Waals surface area contributed by atoms with Crippen LogP contribution in [0.1, 0.15) is 27.0 Å². The van der Waals surface area contributed by atoms with Crippen LogP contribution in [-0.4, -0.2) is 46.2 Å². The number of aryl methyl sites for hydroxylation is 1. The van der Waals surface area contributed by atoms with Gasteiger partial charge in [0.1, 0.15) is 5.75 Å². The number of hydrogen-bond donors (Lipinski definition) is 1. The average Bonchev–Trinajstić information content (AvgIpc) is 2.61. The second kappa shape index (κ2) is 9.01. The van der Waals surface area contributed by atoms with Crippen LogP contribution in [0.4, 0.5) is 0 Å². The van der Waals surface area contributed by atoms with Gasteiger partial charge in [0.25, 0.3) is 5.91 Å². The van der Waals surface area contributed by atoms with E-state index >= 15 is 0 Å². The minimum Gasteiger partial charge on any atom is -0.496 e. The maximum atomic E-state index is 12.7. The van der Waals surface area contributed by atoms with Gasteiger partial charge < -0.3 is 9.64 Å². The van der Waals surface area contributed by atoms with Crippen LogP contribution in [0.2, 0.25) is 0 Å². The molecule has 0 saturated carbocycles. The summed E-state index contributed by atoms with van der Waals surface area (Å²) in [5, 5.41) is 0. The molecule has 2 aromatic carbocycles. The number of nitrogens with one attached hydrogen (secondary N) is 1. The summed E-state index contributed by atoms with van der Waals surface area (Å²) < 4.78 is 30.0. The first-order valence-electron chi connectivity index (χ1n) is 8.62. The van der Waals surface area contributed by atoms with E-state index in [0.29, 0.717) is 25.1 Å². The molecule has 146 valence electrons. The van der Waals surface area contributed by atoms with Crippen LogP contribution < -0.4 is 9.46 Å². The van der Waals surface area contributed by atoms with Gasteiger partial charge in [-0.1, -0.05) is 29.8 Å². The van der Waals surface area contributed by atoms with E-state index in [1.54, 1.807) is 31.2 Å². The molecule has 27 heavy (non-hydrogen) atoms. The lowest BCUT2D eigenvalue weighted by atomic mass is 10.1. The second-order valence-corrected chi connectivity index (χ2v) is 8.42. The summed E-state index contributed by atoms with van der Waals surface area (Å²) >= 11 is 0. The van der Waals surface area contributed by atoms with Crippen molar-refractivity contribution in [3.63, 3.8) is 0 Å². The van der Waals surface area contributed by atoms with Crippen LogP contribution in [-0.2, 0) is 23.0 Å². The zero-order valence-electron chi connectivity index (χ0n) is 16.2. The molecule has 0 aromatic heterocycles. The molecule has 0 aliphatic heterocycles. The molecule has 0 heterocycles. The highest BCUT2D eigenvalue weighted by Crippen LogP contribution is 2.21. The lowest BCUT2D eigenvalue weighted by Gasteiger charge is -2.19. The Hall–Kier alpha value is -2.38. The molecule has 0 aliphatic rings. The summed E-state index contributed by atoms with van der Waals surface area (Å²) in [7, 11) is 0.190. The fourth-order valence-corrected chi connectivity index (χ4v) is 3.25. The van der Waals surface area contributed by atoms with E-state index in [1.165, 1.54) is 0 Å². The number of hydrogen-bond acceptors (Lipinski definition) is 4. The first kappa shape index (κ1) is 20.9. The predicted molar refractivity (Wildman–Crippen MR) is 107 cm³/mol. The van der Waals surface area contributed by atoms with E-state index in [2.05, 4.69) is 4.72 Å². The number of rotatable bonds is 8. The van der Waals surface area contributed by atoms with Gasteiger partial charge in [-0.25, -0.2) is 13.1 Å². The normalized spacial score (nSPS) is 11.3. The van der Waals surface area contributed by atoms with Gasteiger partial charge in [0.15, 0.2) is 0 Å². The summed E-state index contributed by atoms with van der Waals surface area (Å²) in [6.07, 6.45) is 1.70. The zero-order valence-corrected chi connectivity index (χ0v) is 17.0. The van der Waals surface area contributed by atoms with E-state index in [0.717, 1.165) is 28.7 Å². The van der Waals surface area contributed by atoms with Gasteiger partial charge in [0, 0.05) is 31.3 Å². The fraction of sp³-hybridized carbons (Fsp3) is 0.350. The van der Waals surface area contributed by atoms with Gasteiger partial charge >= 0.3 is 0 Å². The first-order chi connectivity index (χ1) is 12.7. The number of carbonyl (C=O) groups excluding carboxylic acids is 1. The Kier molecular flexibility index (Phi) is 6.98. The number of ether oxygens (including phenoxy) is 1. The lowest BCUT2D eigenvalue weighted by molar-refractivity contribution is 0.0784. The SMILES string of the molecule is COc1ccc(C)cc1CN(C)C(=O)c1ccc(CCNS(C)(=O)=O)cc1. The van der Waals surface area contributed by atoms with Gasteiger partial charge in [0.2, 0.25) is 10.0 Å². The van der Waals surface area contributed by atoms with Crippen LogP contribution in [0.25, 0.3) is 0 Å². The van der Waals surface area contributed by atoms with E-state index in [4.69, 9.17) is 4.74 Å². The minimum atomic E-state index is -3.19. The lowest BCUT2D eigenvalue weighted by Crippen LogP contribution is -2.26. The van der Waals surface area contributed by atoms with E-state index in [1.807, 2.05) is 37.3 Å². The average molecular weight is 391 g/mol. The molecule has 7 heteroatoms. The van der Waals surface area contributed by atoms with Crippen LogP contribution in [0.15, 0.2) is 42.5 Å². The zero-order chi connectivity index (χ0) is 20.0. The molecule has 2 rings (SSSR count). The molecule has 0 atom stereocenters. The number of benzene rings is 2. The minimum absolute atomic E-state index is 0.0839. The predicted octanol–water partition coefficient (Wildman–Crippen LogP) is 2.37. The Morgan fingerprint density at radius 1 is 1.15 bits per heavy atom. The molecule has 6 nitrogen and oxygen atoms in total. The maximum Gasteiger partial charge on any atom is 0.253 e. The van der Waals surface area contributed by atoms with Crippen molar-refractivity contribution in [1.29, 1.82) is 0 Å². The van der Waals surface area contributed by atoms with E-state index in [9.17, 15) is 13.2 Å². The molecule has 0 saturated heterocycles. The Bertz CT molecular complexity index is 893. The largest absolute Gasteiger partial charge is 0.496 e. The fourth-order valence-electron chi connectivity index (χ4n) is 2.77. The summed E-state index contributed by atoms with van der Waals surface area (Å²) in [5.74, 6) is 0.674. The monoisotopic (exact) mass is 390 g/mol. The second-order valence-electron chi connectivity index (χ2n) is 6.59. The Morgan fingerprint density at radius 3 is 2.41 bits per heavy atom. The molecule has 0 spiro atoms. The number of carbonyl (C=O) groups is 1. The summed E-state index contributed by atoms with van der Waals surface area (Å²) in [6, 6.07) is 13.1. The van der Waals surface area contributed by atoms with Gasteiger partial charge in [-0.05, 0) is 37.1 Å². The van der Waals surface area contributed by atoms with Crippen LogP contribution in [0.3, 0.4) is 0 Å². The highest BCUT2D eigenvalue weighted by molar-refractivity contribution is 7.88. The third-order valence-corrected chi connectivity index (χ3v) is 4.90. The number of nitrogens with zero attached hydrogens (tertiary/aromatic N) is 1. The number of methoxy groups -OCH3 is 1. The molecule has 0 radical (unpaired) electrons. The molecule has 1 amide bonds. The third-order valence-electron chi connectivity index (χ3n) is 4.17. The van der Waals surface area contributed by atoms with Crippen LogP contribution >= 0.6 is 0 Å². The number of amides is 1. The van der Waals surface area contributed by atoms with Gasteiger partial charge in [-0.2, -0.15) is 0 Å². The molecule has 0 aliphatic carbocycles. The topological polar surface area (TPSA) is 75.7 Å². The van der Waals surface area contributed by atoms with Crippen molar-refractivity contribution in [3.05, 3.63) is 64.7 Å². The maximum absolute atomic E-state index is 12.7. The molecule has 0 unspecified atom stereocenters. The standard InChI is InChI=1S/C20H26N2O4S/c1-15-5-10-19(26-3)18(13-15)14-22(2)20(23)17-8-6-16(7-9-17)11-12-21-27(4,24)25/h5-10,13,21H,11-12,14H2,1-4H3. The van der Waals surface area contributed by atoms with Crippen molar-refractivity contribution in [2.45, 2.75) is 19.9 Å². The van der Waals surface area contributed by atoms with Crippen molar-refractivity contribution in [3.8, 4) is 5.75 Å². The van der Waals surface area contributed by atoms with Crippen LogP contribution in [0.5, 0.6) is 5.75 Å². The Balaban J connectivity index is 2.01. The summed E-state index contributed by atoms with van der Waals surface area (Å²) in [5.41, 5.74) is 3.62. The molecule has 0 bridgehead atoms. The van der Waals surface area contributed by atoms with Gasteiger partial charge in [0.05, 0.1) is 13.4 Å². The van der Waals surface area contributed by atoms with Crippen molar-refractivity contribution in [1.82, 2.24) is 9.62 Å². The summed E-state index contributed by atoms with van der Waals surface area (Å²) in [4.78, 5) is 14.3. The Labute approximate surface area is 161 Å². The Morgan fingerprint density at radius 2 is 1.81 bits per heavy atom. The molecule has 1 N–H and O–H groups in total. The van der Waals surface area contributed by atoms with Crippen molar-refractivity contribution < 1.29 is 17.9 Å². The molecule has 0 fully saturated rings. The molecule has 2 aromatic rings. The number of sulfonamides is 1.